The molecule has 0 bridgehead atoms. The zero-order chi connectivity index (χ0) is 26.1. The maximum atomic E-state index is 13.7. The van der Waals surface area contributed by atoms with Crippen LogP contribution in [0, 0.1) is 23.1 Å². The molecule has 0 saturated carbocycles. The standard InChI is InChI=1S/C29H29ClFN3O2/c1-28(2)13-18(14-29(3,4)34-28)10-25(35)19-8-9-27(24(30)12-19)36-26-7-5-6-22(23(26)15-32)20-11-21(31)17-33-16-20/h5-9,11-12,16-18,34H,10,13-14H2,1-4H3. The zero-order valence-electron chi connectivity index (χ0n) is 20.9. The fourth-order valence-corrected chi connectivity index (χ4v) is 5.68. The first kappa shape index (κ1) is 25.8. The number of aromatic nitrogens is 1. The lowest BCUT2D eigenvalue weighted by molar-refractivity contribution is 0.0864. The van der Waals surface area contributed by atoms with Crippen LogP contribution in [0.3, 0.4) is 0 Å². The Morgan fingerprint density at radius 1 is 1.14 bits per heavy atom. The maximum Gasteiger partial charge on any atom is 0.163 e. The molecule has 1 N–H and O–H groups in total. The minimum atomic E-state index is -0.498. The molecule has 4 rings (SSSR count). The molecule has 2 aromatic carbocycles. The zero-order valence-corrected chi connectivity index (χ0v) is 21.6. The van der Waals surface area contributed by atoms with Gasteiger partial charge in [-0.25, -0.2) is 4.39 Å². The molecule has 0 aliphatic carbocycles. The highest BCUT2D eigenvalue weighted by Crippen LogP contribution is 2.38. The Balaban J connectivity index is 1.54. The van der Waals surface area contributed by atoms with Crippen molar-refractivity contribution in [3.8, 4) is 28.7 Å². The first-order valence-electron chi connectivity index (χ1n) is 11.9. The Bertz CT molecular complexity index is 1330. The molecule has 3 aromatic rings. The first-order chi connectivity index (χ1) is 17.0. The van der Waals surface area contributed by atoms with Crippen molar-refractivity contribution < 1.29 is 13.9 Å². The molecule has 0 atom stereocenters. The van der Waals surface area contributed by atoms with Gasteiger partial charge in [-0.2, -0.15) is 5.26 Å². The summed E-state index contributed by atoms with van der Waals surface area (Å²) in [5.74, 6) is 0.419. The maximum absolute atomic E-state index is 13.7. The molecule has 5 nitrogen and oxygen atoms in total. The number of nitrogens with one attached hydrogen (secondary N) is 1. The molecule has 1 aromatic heterocycles. The predicted molar refractivity (Wildman–Crippen MR) is 139 cm³/mol. The van der Waals surface area contributed by atoms with Crippen LogP contribution in [0.25, 0.3) is 11.1 Å². The Labute approximate surface area is 216 Å². The average Bonchev–Trinajstić information content (AvgIpc) is 2.78. The molecule has 186 valence electrons. The highest BCUT2D eigenvalue weighted by Gasteiger charge is 2.38. The normalized spacial score (nSPS) is 16.8. The molecule has 1 aliphatic heterocycles. The number of hydrogen-bond donors (Lipinski definition) is 1. The van der Waals surface area contributed by atoms with Gasteiger partial charge in [0.15, 0.2) is 5.78 Å². The second-order valence-corrected chi connectivity index (χ2v) is 11.1. The summed E-state index contributed by atoms with van der Waals surface area (Å²) in [5, 5.41) is 13.7. The molecular formula is C29H29ClFN3O2. The number of rotatable bonds is 6. The largest absolute Gasteiger partial charge is 0.454 e. The van der Waals surface area contributed by atoms with Crippen molar-refractivity contribution in [2.75, 3.05) is 0 Å². The van der Waals surface area contributed by atoms with E-state index in [4.69, 9.17) is 16.3 Å². The predicted octanol–water partition coefficient (Wildman–Crippen LogP) is 7.33. The number of nitrogens with zero attached hydrogens (tertiary/aromatic N) is 2. The second-order valence-electron chi connectivity index (χ2n) is 10.7. The average molecular weight is 506 g/mol. The van der Waals surface area contributed by atoms with Crippen molar-refractivity contribution in [3.63, 3.8) is 0 Å². The summed E-state index contributed by atoms with van der Waals surface area (Å²) in [5.41, 5.74) is 1.66. The van der Waals surface area contributed by atoms with Gasteiger partial charge in [0.1, 0.15) is 28.9 Å². The van der Waals surface area contributed by atoms with E-state index in [1.54, 1.807) is 36.4 Å². The van der Waals surface area contributed by atoms with E-state index in [1.165, 1.54) is 12.3 Å². The summed E-state index contributed by atoms with van der Waals surface area (Å²) in [6, 6.07) is 13.5. The number of hydrogen-bond acceptors (Lipinski definition) is 5. The number of pyridine rings is 1. The summed E-state index contributed by atoms with van der Waals surface area (Å²) in [7, 11) is 0. The minimum Gasteiger partial charge on any atom is -0.454 e. The number of ether oxygens (including phenoxy) is 1. The lowest BCUT2D eigenvalue weighted by Crippen LogP contribution is -2.57. The van der Waals surface area contributed by atoms with Crippen molar-refractivity contribution in [2.24, 2.45) is 5.92 Å². The van der Waals surface area contributed by atoms with Gasteiger partial charge in [-0.15, -0.1) is 0 Å². The fraction of sp³-hybridized carbons (Fsp3) is 0.345. The number of ketones is 1. The highest BCUT2D eigenvalue weighted by molar-refractivity contribution is 6.32. The van der Waals surface area contributed by atoms with E-state index in [0.717, 1.165) is 19.0 Å². The Morgan fingerprint density at radius 2 is 1.86 bits per heavy atom. The minimum absolute atomic E-state index is 0.0311. The van der Waals surface area contributed by atoms with E-state index in [9.17, 15) is 14.4 Å². The molecule has 36 heavy (non-hydrogen) atoms. The van der Waals surface area contributed by atoms with Crippen molar-refractivity contribution in [2.45, 2.75) is 58.0 Å². The molecule has 2 heterocycles. The number of carbonyl (C=O) groups is 1. The molecule has 0 radical (unpaired) electrons. The molecule has 0 unspecified atom stereocenters. The number of carbonyl (C=O) groups excluding carboxylic acids is 1. The number of Topliss-reactive ketones (excluding diaryl/α,β-unsaturated/α-hetero) is 1. The van der Waals surface area contributed by atoms with Crippen LogP contribution in [0.5, 0.6) is 11.5 Å². The van der Waals surface area contributed by atoms with Crippen LogP contribution in [0.4, 0.5) is 4.39 Å². The Kier molecular flexibility index (Phi) is 7.17. The van der Waals surface area contributed by atoms with Gasteiger partial charge in [-0.05, 0) is 76.8 Å². The van der Waals surface area contributed by atoms with E-state index in [2.05, 4.69) is 44.1 Å². The Hall–Kier alpha value is -3.27. The molecule has 1 saturated heterocycles. The third kappa shape index (κ3) is 5.92. The summed E-state index contributed by atoms with van der Waals surface area (Å²) >= 11 is 6.50. The Morgan fingerprint density at radius 3 is 2.50 bits per heavy atom. The molecule has 0 amide bonds. The van der Waals surface area contributed by atoms with Crippen molar-refractivity contribution in [1.82, 2.24) is 10.3 Å². The smallest absolute Gasteiger partial charge is 0.163 e. The number of nitriles is 1. The molecular weight excluding hydrogens is 477 g/mol. The van der Waals surface area contributed by atoms with Crippen LogP contribution in [0.1, 0.15) is 62.9 Å². The third-order valence-corrected chi connectivity index (χ3v) is 6.67. The number of piperidine rings is 1. The topological polar surface area (TPSA) is 75.0 Å². The van der Waals surface area contributed by atoms with E-state index in [0.29, 0.717) is 28.9 Å². The highest BCUT2D eigenvalue weighted by atomic mass is 35.5. The van der Waals surface area contributed by atoms with Crippen LogP contribution in [0.15, 0.2) is 54.9 Å². The van der Waals surface area contributed by atoms with Gasteiger partial charge in [0.2, 0.25) is 0 Å². The van der Waals surface area contributed by atoms with Crippen LogP contribution in [-0.2, 0) is 0 Å². The van der Waals surface area contributed by atoms with Gasteiger partial charge in [0.05, 0.1) is 11.2 Å². The summed E-state index contributed by atoms with van der Waals surface area (Å²) in [4.78, 5) is 17.0. The fourth-order valence-electron chi connectivity index (χ4n) is 5.46. The third-order valence-electron chi connectivity index (χ3n) is 6.38. The lowest BCUT2D eigenvalue weighted by Gasteiger charge is -2.46. The van der Waals surface area contributed by atoms with E-state index in [-0.39, 0.29) is 39.1 Å². The van der Waals surface area contributed by atoms with E-state index >= 15 is 0 Å². The van der Waals surface area contributed by atoms with Gasteiger partial charge >= 0.3 is 0 Å². The van der Waals surface area contributed by atoms with Gasteiger partial charge in [0, 0.05) is 40.4 Å². The first-order valence-corrected chi connectivity index (χ1v) is 12.3. The van der Waals surface area contributed by atoms with Gasteiger partial charge in [-0.3, -0.25) is 9.78 Å². The summed E-state index contributed by atoms with van der Waals surface area (Å²) in [6.07, 6.45) is 4.89. The lowest BCUT2D eigenvalue weighted by atomic mass is 9.74. The van der Waals surface area contributed by atoms with Crippen molar-refractivity contribution in [3.05, 3.63) is 76.8 Å². The second kappa shape index (κ2) is 10.0. The molecule has 0 spiro atoms. The number of halogens is 2. The molecule has 7 heteroatoms. The van der Waals surface area contributed by atoms with Gasteiger partial charge in [0.25, 0.3) is 0 Å². The number of benzene rings is 2. The molecule has 1 aliphatic rings. The van der Waals surface area contributed by atoms with Crippen LogP contribution in [-0.4, -0.2) is 21.8 Å². The van der Waals surface area contributed by atoms with Gasteiger partial charge < -0.3 is 10.1 Å². The molecule has 1 fully saturated rings. The summed E-state index contributed by atoms with van der Waals surface area (Å²) < 4.78 is 19.7. The quantitative estimate of drug-likeness (QED) is 0.355. The van der Waals surface area contributed by atoms with Crippen molar-refractivity contribution in [1.29, 1.82) is 5.26 Å². The monoisotopic (exact) mass is 505 g/mol. The van der Waals surface area contributed by atoms with Crippen LogP contribution < -0.4 is 10.1 Å². The van der Waals surface area contributed by atoms with Crippen LogP contribution >= 0.6 is 11.6 Å². The van der Waals surface area contributed by atoms with Crippen molar-refractivity contribution >= 4 is 17.4 Å². The summed E-state index contributed by atoms with van der Waals surface area (Å²) in [6.45, 7) is 8.68. The van der Waals surface area contributed by atoms with Gasteiger partial charge in [-0.1, -0.05) is 23.7 Å². The van der Waals surface area contributed by atoms with E-state index < -0.39 is 5.82 Å². The SMILES string of the molecule is CC1(C)CC(CC(=O)c2ccc(Oc3cccc(-c4cncc(F)c4)c3C#N)c(Cl)c2)CC(C)(C)N1. The van der Waals surface area contributed by atoms with E-state index in [1.807, 2.05) is 0 Å². The van der Waals surface area contributed by atoms with Crippen LogP contribution in [0.2, 0.25) is 5.02 Å².